The number of terminal acetylenes is 1. The molecule has 0 aromatic heterocycles. The van der Waals surface area contributed by atoms with Crippen LogP contribution in [0.3, 0.4) is 0 Å². The van der Waals surface area contributed by atoms with Gasteiger partial charge in [0.05, 0.1) is 0 Å². The molecule has 182 valence electrons. The first-order valence-electron chi connectivity index (χ1n) is 11.6. The number of ether oxygens (including phenoxy) is 2. The fourth-order valence-corrected chi connectivity index (χ4v) is 2.40. The number of urea groups is 1. The Morgan fingerprint density at radius 1 is 1.00 bits per heavy atom. The topological polar surface area (TPSA) is 50.8 Å². The molecule has 0 saturated heterocycles. The van der Waals surface area contributed by atoms with Gasteiger partial charge in [-0.2, -0.15) is 0 Å². The first kappa shape index (κ1) is 30.0. The van der Waals surface area contributed by atoms with Gasteiger partial charge in [-0.25, -0.2) is 4.79 Å². The van der Waals surface area contributed by atoms with Gasteiger partial charge < -0.3 is 19.7 Å². The van der Waals surface area contributed by atoms with Crippen molar-refractivity contribution in [3.05, 3.63) is 60.7 Å². The average Bonchev–Trinajstić information content (AvgIpc) is 2.80. The molecule has 1 N–H and O–H groups in total. The molecular weight excluding hydrogens is 412 g/mol. The molecule has 2 amide bonds. The van der Waals surface area contributed by atoms with E-state index in [-0.39, 0.29) is 6.03 Å². The van der Waals surface area contributed by atoms with Crippen LogP contribution in [0, 0.1) is 12.3 Å². The zero-order chi connectivity index (χ0) is 25.1. The standard InChI is InChI=1S/C16H22N2O3.C6H6.C6H14/c1-7-16(3,4)21-12(2)20-14-10-8-13(9-11-14)17-15(19)18(5)6;1-2-4-6-5-3-1;1-3-5-6-4-2/h1,8-12H,2-6H3,(H,17,19);1-6H;3-6H2,1-2H3. The number of carbonyl (C=O) groups is 1. The third kappa shape index (κ3) is 16.3. The van der Waals surface area contributed by atoms with Gasteiger partial charge in [0.15, 0.2) is 6.29 Å². The van der Waals surface area contributed by atoms with Crippen LogP contribution in [-0.4, -0.2) is 36.9 Å². The number of hydrogen-bond donors (Lipinski definition) is 1. The predicted octanol–water partition coefficient (Wildman–Crippen LogP) is 7.21. The molecule has 5 nitrogen and oxygen atoms in total. The highest BCUT2D eigenvalue weighted by molar-refractivity contribution is 5.88. The first-order chi connectivity index (χ1) is 15.6. The molecule has 0 aliphatic rings. The lowest BCUT2D eigenvalue weighted by atomic mass is 10.1. The highest BCUT2D eigenvalue weighted by atomic mass is 16.7. The summed E-state index contributed by atoms with van der Waals surface area (Å²) in [6.07, 6.45) is 10.4. The third-order valence-corrected chi connectivity index (χ3v) is 4.25. The van der Waals surface area contributed by atoms with E-state index in [4.69, 9.17) is 15.9 Å². The second kappa shape index (κ2) is 17.6. The molecule has 0 saturated carbocycles. The van der Waals surface area contributed by atoms with Gasteiger partial charge in [-0.05, 0) is 45.0 Å². The van der Waals surface area contributed by atoms with Gasteiger partial charge in [-0.15, -0.1) is 6.42 Å². The van der Waals surface area contributed by atoms with Crippen molar-refractivity contribution in [1.82, 2.24) is 4.90 Å². The smallest absolute Gasteiger partial charge is 0.321 e. The fourth-order valence-electron chi connectivity index (χ4n) is 2.40. The highest BCUT2D eigenvalue weighted by Crippen LogP contribution is 2.19. The Morgan fingerprint density at radius 2 is 1.45 bits per heavy atom. The van der Waals surface area contributed by atoms with E-state index < -0.39 is 11.9 Å². The predicted molar refractivity (Wildman–Crippen MR) is 139 cm³/mol. The van der Waals surface area contributed by atoms with Crippen LogP contribution in [0.4, 0.5) is 10.5 Å². The van der Waals surface area contributed by atoms with E-state index in [9.17, 15) is 4.79 Å². The van der Waals surface area contributed by atoms with E-state index in [2.05, 4.69) is 25.1 Å². The number of anilines is 1. The fraction of sp³-hybridized carbons (Fsp3) is 0.464. The van der Waals surface area contributed by atoms with Crippen LogP contribution in [-0.2, 0) is 4.74 Å². The largest absolute Gasteiger partial charge is 0.465 e. The Hall–Kier alpha value is -2.97. The van der Waals surface area contributed by atoms with Crippen LogP contribution in [0.2, 0.25) is 0 Å². The number of nitrogens with one attached hydrogen (secondary N) is 1. The van der Waals surface area contributed by atoms with Gasteiger partial charge in [0, 0.05) is 19.8 Å². The molecule has 0 heterocycles. The summed E-state index contributed by atoms with van der Waals surface area (Å²) in [4.78, 5) is 13.0. The average molecular weight is 455 g/mol. The lowest BCUT2D eigenvalue weighted by molar-refractivity contribution is -0.123. The summed E-state index contributed by atoms with van der Waals surface area (Å²) in [6, 6.07) is 18.9. The molecule has 5 heteroatoms. The normalized spacial score (nSPS) is 10.8. The minimum absolute atomic E-state index is 0.184. The van der Waals surface area contributed by atoms with Crippen LogP contribution in [0.15, 0.2) is 60.7 Å². The Morgan fingerprint density at radius 3 is 1.82 bits per heavy atom. The van der Waals surface area contributed by atoms with Crippen LogP contribution in [0.5, 0.6) is 5.75 Å². The van der Waals surface area contributed by atoms with Gasteiger partial charge in [0.25, 0.3) is 0 Å². The summed E-state index contributed by atoms with van der Waals surface area (Å²) in [6.45, 7) is 9.84. The molecule has 0 bridgehead atoms. The lowest BCUT2D eigenvalue weighted by Crippen LogP contribution is -2.30. The van der Waals surface area contributed by atoms with Crippen molar-refractivity contribution in [3.8, 4) is 18.1 Å². The summed E-state index contributed by atoms with van der Waals surface area (Å²) >= 11 is 0. The molecule has 1 unspecified atom stereocenters. The van der Waals surface area contributed by atoms with E-state index >= 15 is 0 Å². The number of benzene rings is 2. The lowest BCUT2D eigenvalue weighted by Gasteiger charge is -2.24. The Labute approximate surface area is 201 Å². The van der Waals surface area contributed by atoms with Crippen molar-refractivity contribution in [2.24, 2.45) is 0 Å². The van der Waals surface area contributed by atoms with Crippen LogP contribution < -0.4 is 10.1 Å². The molecule has 33 heavy (non-hydrogen) atoms. The van der Waals surface area contributed by atoms with Crippen LogP contribution >= 0.6 is 0 Å². The minimum Gasteiger partial charge on any atom is -0.465 e. The molecule has 0 radical (unpaired) electrons. The highest BCUT2D eigenvalue weighted by Gasteiger charge is 2.19. The van der Waals surface area contributed by atoms with Gasteiger partial charge in [0.2, 0.25) is 0 Å². The van der Waals surface area contributed by atoms with Gasteiger partial charge >= 0.3 is 6.03 Å². The first-order valence-corrected chi connectivity index (χ1v) is 11.6. The number of amides is 2. The quantitative estimate of drug-likeness (QED) is 0.260. The Bertz CT molecular complexity index is 750. The Balaban J connectivity index is 0.000000690. The zero-order valence-corrected chi connectivity index (χ0v) is 21.4. The number of hydrogen-bond acceptors (Lipinski definition) is 3. The van der Waals surface area contributed by atoms with E-state index in [0.717, 1.165) is 0 Å². The summed E-state index contributed by atoms with van der Waals surface area (Å²) in [5, 5.41) is 2.74. The second-order valence-corrected chi connectivity index (χ2v) is 8.17. The number of unbranched alkanes of at least 4 members (excludes halogenated alkanes) is 3. The van der Waals surface area contributed by atoms with E-state index in [1.807, 2.05) is 36.4 Å². The van der Waals surface area contributed by atoms with E-state index in [0.29, 0.717) is 11.4 Å². The maximum atomic E-state index is 11.5. The van der Waals surface area contributed by atoms with Crippen molar-refractivity contribution >= 4 is 11.7 Å². The molecule has 0 fully saturated rings. The zero-order valence-electron chi connectivity index (χ0n) is 21.4. The third-order valence-electron chi connectivity index (χ3n) is 4.25. The van der Waals surface area contributed by atoms with Gasteiger partial charge in [0.1, 0.15) is 11.4 Å². The van der Waals surface area contributed by atoms with Gasteiger partial charge in [-0.1, -0.05) is 81.8 Å². The molecule has 1 atom stereocenters. The Kier molecular flexibility index (Phi) is 16.0. The maximum absolute atomic E-state index is 11.5. The number of carbonyl (C=O) groups excluding carboxylic acids is 1. The SMILES string of the molecule is C#CC(C)(C)OC(C)Oc1ccc(NC(=O)N(C)C)cc1.CCCCCC.c1ccccc1. The van der Waals surface area contributed by atoms with Crippen molar-refractivity contribution < 1.29 is 14.3 Å². The van der Waals surface area contributed by atoms with Gasteiger partial charge in [-0.3, -0.25) is 0 Å². The van der Waals surface area contributed by atoms with Crippen molar-refractivity contribution in [2.75, 3.05) is 19.4 Å². The molecule has 2 aromatic rings. The monoisotopic (exact) mass is 454 g/mol. The van der Waals surface area contributed by atoms with Crippen molar-refractivity contribution in [1.29, 1.82) is 0 Å². The maximum Gasteiger partial charge on any atom is 0.321 e. The molecule has 0 spiro atoms. The molecule has 2 rings (SSSR count). The van der Waals surface area contributed by atoms with Crippen molar-refractivity contribution in [2.45, 2.75) is 72.2 Å². The van der Waals surface area contributed by atoms with Crippen molar-refractivity contribution in [3.63, 3.8) is 0 Å². The van der Waals surface area contributed by atoms with E-state index in [1.54, 1.807) is 59.1 Å². The second-order valence-electron chi connectivity index (χ2n) is 8.17. The van der Waals surface area contributed by atoms with Crippen LogP contribution in [0.25, 0.3) is 0 Å². The minimum atomic E-state index is -0.682. The van der Waals surface area contributed by atoms with E-state index in [1.165, 1.54) is 30.6 Å². The number of nitrogens with zero attached hydrogens (tertiary/aromatic N) is 1. The number of rotatable bonds is 8. The summed E-state index contributed by atoms with van der Waals surface area (Å²) in [7, 11) is 3.36. The molecule has 2 aromatic carbocycles. The molecular formula is C28H42N2O3. The summed E-state index contributed by atoms with van der Waals surface area (Å²) < 4.78 is 11.2. The summed E-state index contributed by atoms with van der Waals surface area (Å²) in [5.41, 5.74) is 0.0116. The van der Waals surface area contributed by atoms with Crippen LogP contribution in [0.1, 0.15) is 60.3 Å². The molecule has 0 aliphatic heterocycles. The summed E-state index contributed by atoms with van der Waals surface area (Å²) in [5.74, 6) is 3.18. The molecule has 0 aliphatic carbocycles.